The molecular formula is C30H28N6O3. The quantitative estimate of drug-likeness (QED) is 0.300. The van der Waals surface area contributed by atoms with E-state index in [1.54, 1.807) is 59.4 Å². The van der Waals surface area contributed by atoms with E-state index < -0.39 is 6.04 Å². The molecule has 0 fully saturated rings. The number of hydrogen-bond donors (Lipinski definition) is 1. The Hall–Kier alpha value is -5.05. The molecule has 5 rings (SSSR count). The fourth-order valence-corrected chi connectivity index (χ4v) is 4.41. The zero-order chi connectivity index (χ0) is 27.0. The monoisotopic (exact) mass is 520 g/mol. The first-order chi connectivity index (χ1) is 19.1. The smallest absolute Gasteiger partial charge is 0.247 e. The molecular weight excluding hydrogens is 492 g/mol. The van der Waals surface area contributed by atoms with Gasteiger partial charge in [0.1, 0.15) is 23.9 Å². The lowest BCUT2D eigenvalue weighted by atomic mass is 10.0. The molecule has 0 spiro atoms. The van der Waals surface area contributed by atoms with Gasteiger partial charge in [0, 0.05) is 25.5 Å². The van der Waals surface area contributed by atoms with E-state index in [9.17, 15) is 9.59 Å². The Bertz CT molecular complexity index is 1540. The van der Waals surface area contributed by atoms with Crippen molar-refractivity contribution in [1.82, 2.24) is 30.2 Å². The molecule has 0 unspecified atom stereocenters. The molecule has 39 heavy (non-hydrogen) atoms. The first-order valence-electron chi connectivity index (χ1n) is 12.5. The van der Waals surface area contributed by atoms with Crippen LogP contribution in [0.4, 0.5) is 0 Å². The summed E-state index contributed by atoms with van der Waals surface area (Å²) in [4.78, 5) is 33.6. The van der Waals surface area contributed by atoms with Crippen LogP contribution in [0.3, 0.4) is 0 Å². The number of ether oxygens (including phenoxy) is 1. The molecule has 196 valence electrons. The highest BCUT2D eigenvalue weighted by molar-refractivity contribution is 5.89. The summed E-state index contributed by atoms with van der Waals surface area (Å²) in [6, 6.07) is 27.0. The average Bonchev–Trinajstić information content (AvgIpc) is 3.39. The zero-order valence-corrected chi connectivity index (χ0v) is 21.5. The van der Waals surface area contributed by atoms with Gasteiger partial charge in [0.25, 0.3) is 0 Å². The lowest BCUT2D eigenvalue weighted by molar-refractivity contribution is -0.142. The van der Waals surface area contributed by atoms with Gasteiger partial charge in [-0.3, -0.25) is 14.6 Å². The molecule has 0 radical (unpaired) electrons. The summed E-state index contributed by atoms with van der Waals surface area (Å²) < 4.78 is 6.88. The molecule has 0 saturated carbocycles. The number of nitrogens with zero attached hydrogens (tertiary/aromatic N) is 5. The highest BCUT2D eigenvalue weighted by Gasteiger charge is 2.32. The van der Waals surface area contributed by atoms with Gasteiger partial charge in [-0.1, -0.05) is 65.9 Å². The number of carbonyl (C=O) groups is 2. The van der Waals surface area contributed by atoms with Gasteiger partial charge in [-0.2, -0.15) is 0 Å². The predicted molar refractivity (Wildman–Crippen MR) is 146 cm³/mol. The number of para-hydroxylation sites is 1. The zero-order valence-electron chi connectivity index (χ0n) is 21.5. The second-order valence-corrected chi connectivity index (χ2v) is 9.00. The fourth-order valence-electron chi connectivity index (χ4n) is 4.41. The van der Waals surface area contributed by atoms with Crippen molar-refractivity contribution in [1.29, 1.82) is 0 Å². The Morgan fingerprint density at radius 2 is 1.67 bits per heavy atom. The summed E-state index contributed by atoms with van der Waals surface area (Å²) in [6.07, 6.45) is 3.36. The normalized spacial score (nSPS) is 11.6. The Morgan fingerprint density at radius 3 is 2.41 bits per heavy atom. The molecule has 9 nitrogen and oxygen atoms in total. The molecule has 5 aromatic rings. The maximum Gasteiger partial charge on any atom is 0.247 e. The van der Waals surface area contributed by atoms with Gasteiger partial charge in [0.05, 0.1) is 12.6 Å². The minimum Gasteiger partial charge on any atom is -0.497 e. The lowest BCUT2D eigenvalue weighted by Gasteiger charge is -2.31. The van der Waals surface area contributed by atoms with Crippen molar-refractivity contribution in [2.45, 2.75) is 25.7 Å². The minimum atomic E-state index is -0.915. The molecule has 0 aliphatic heterocycles. The lowest BCUT2D eigenvalue weighted by Crippen LogP contribution is -2.44. The SMILES string of the molecule is COc1ccc([C@@H](C(=O)NCc2ccccc2)N(Cc2cccnc2)C(=O)Cn2nnc3ccccc32)cc1. The molecule has 9 heteroatoms. The van der Waals surface area contributed by atoms with Crippen LogP contribution in [-0.4, -0.2) is 43.8 Å². The molecule has 0 bridgehead atoms. The van der Waals surface area contributed by atoms with E-state index in [-0.39, 0.29) is 24.9 Å². The van der Waals surface area contributed by atoms with Gasteiger partial charge in [-0.25, -0.2) is 4.68 Å². The van der Waals surface area contributed by atoms with Gasteiger partial charge in [0.2, 0.25) is 11.8 Å². The van der Waals surface area contributed by atoms with E-state index in [1.807, 2.05) is 60.7 Å². The van der Waals surface area contributed by atoms with Crippen LogP contribution < -0.4 is 10.1 Å². The Kier molecular flexibility index (Phi) is 7.87. The summed E-state index contributed by atoms with van der Waals surface area (Å²) in [6.45, 7) is 0.420. The van der Waals surface area contributed by atoms with E-state index in [4.69, 9.17) is 4.74 Å². The van der Waals surface area contributed by atoms with Crippen molar-refractivity contribution in [2.24, 2.45) is 0 Å². The van der Waals surface area contributed by atoms with Crippen LogP contribution in [0.25, 0.3) is 11.0 Å². The van der Waals surface area contributed by atoms with Gasteiger partial charge < -0.3 is 15.0 Å². The molecule has 0 saturated heterocycles. The molecule has 0 aliphatic carbocycles. The number of fused-ring (bicyclic) bond motifs is 1. The topological polar surface area (TPSA) is 102 Å². The van der Waals surface area contributed by atoms with Crippen molar-refractivity contribution in [3.05, 3.63) is 120 Å². The third-order valence-electron chi connectivity index (χ3n) is 6.40. The first kappa shape index (κ1) is 25.6. The van der Waals surface area contributed by atoms with Crippen molar-refractivity contribution in [3.8, 4) is 5.75 Å². The summed E-state index contributed by atoms with van der Waals surface area (Å²) in [5.41, 5.74) is 3.84. The molecule has 1 atom stereocenters. The predicted octanol–water partition coefficient (Wildman–Crippen LogP) is 3.92. The van der Waals surface area contributed by atoms with Gasteiger partial charge >= 0.3 is 0 Å². The number of benzene rings is 3. The highest BCUT2D eigenvalue weighted by atomic mass is 16.5. The molecule has 2 heterocycles. The second-order valence-electron chi connectivity index (χ2n) is 9.00. The van der Waals surface area contributed by atoms with Crippen molar-refractivity contribution >= 4 is 22.8 Å². The van der Waals surface area contributed by atoms with Gasteiger partial charge in [-0.15, -0.1) is 5.10 Å². The third kappa shape index (κ3) is 6.10. The number of rotatable bonds is 10. The van der Waals surface area contributed by atoms with Crippen LogP contribution in [0.15, 0.2) is 103 Å². The second kappa shape index (κ2) is 12.0. The Labute approximate surface area is 226 Å². The summed E-state index contributed by atoms with van der Waals surface area (Å²) in [5.74, 6) is 0.0660. The summed E-state index contributed by atoms with van der Waals surface area (Å²) in [7, 11) is 1.58. The van der Waals surface area contributed by atoms with Crippen LogP contribution in [0, 0.1) is 0 Å². The number of hydrogen-bond acceptors (Lipinski definition) is 6. The number of pyridine rings is 1. The van der Waals surface area contributed by atoms with Crippen LogP contribution in [-0.2, 0) is 29.2 Å². The van der Waals surface area contributed by atoms with Crippen molar-refractivity contribution < 1.29 is 14.3 Å². The van der Waals surface area contributed by atoms with Crippen LogP contribution in [0.5, 0.6) is 5.75 Å². The number of nitrogens with one attached hydrogen (secondary N) is 1. The Morgan fingerprint density at radius 1 is 0.923 bits per heavy atom. The maximum atomic E-state index is 14.0. The summed E-state index contributed by atoms with van der Waals surface area (Å²) >= 11 is 0. The van der Waals surface area contributed by atoms with Crippen LogP contribution in [0.1, 0.15) is 22.7 Å². The molecule has 1 N–H and O–H groups in total. The van der Waals surface area contributed by atoms with E-state index in [0.29, 0.717) is 23.4 Å². The van der Waals surface area contributed by atoms with E-state index in [0.717, 1.165) is 16.6 Å². The highest BCUT2D eigenvalue weighted by Crippen LogP contribution is 2.26. The number of carbonyl (C=O) groups excluding carboxylic acids is 2. The maximum absolute atomic E-state index is 14.0. The fraction of sp³-hybridized carbons (Fsp3) is 0.167. The average molecular weight is 521 g/mol. The molecule has 2 aromatic heterocycles. The Balaban J connectivity index is 1.51. The summed E-state index contributed by atoms with van der Waals surface area (Å²) in [5, 5.41) is 11.4. The minimum absolute atomic E-state index is 0.0839. The standard InChI is InChI=1S/C30H28N6O3/c1-39-25-15-13-24(14-16-25)29(30(38)32-19-22-8-3-2-4-9-22)35(20-23-10-7-17-31-18-23)28(37)21-36-27-12-6-5-11-26(27)33-34-36/h2-18,29H,19-21H2,1H3,(H,32,38)/t29-/m0/s1. The van der Waals surface area contributed by atoms with E-state index in [2.05, 4.69) is 20.6 Å². The largest absolute Gasteiger partial charge is 0.497 e. The molecule has 3 aromatic carbocycles. The molecule has 0 aliphatic rings. The van der Waals surface area contributed by atoms with Gasteiger partial charge in [0.15, 0.2) is 0 Å². The third-order valence-corrected chi connectivity index (χ3v) is 6.40. The van der Waals surface area contributed by atoms with Crippen molar-refractivity contribution in [3.63, 3.8) is 0 Å². The van der Waals surface area contributed by atoms with Gasteiger partial charge in [-0.05, 0) is 47.0 Å². The van der Waals surface area contributed by atoms with Crippen molar-refractivity contribution in [2.75, 3.05) is 7.11 Å². The molecule has 2 amide bonds. The number of amides is 2. The van der Waals surface area contributed by atoms with E-state index >= 15 is 0 Å². The number of methoxy groups -OCH3 is 1. The van der Waals surface area contributed by atoms with Crippen LogP contribution >= 0.6 is 0 Å². The first-order valence-corrected chi connectivity index (χ1v) is 12.5. The van der Waals surface area contributed by atoms with Crippen LogP contribution in [0.2, 0.25) is 0 Å². The van der Waals surface area contributed by atoms with E-state index in [1.165, 1.54) is 0 Å². The number of aromatic nitrogens is 4.